The number of hydrogen-bond donors (Lipinski definition) is 14. The van der Waals surface area contributed by atoms with Crippen LogP contribution < -0.4 is 10.6 Å². The van der Waals surface area contributed by atoms with Crippen molar-refractivity contribution in [2.45, 2.75) is 394 Å². The first kappa shape index (κ1) is 85.7. The minimum absolute atomic E-state index is 0.225. The average Bonchev–Trinajstić information content (AvgIpc) is 0.755. The van der Waals surface area contributed by atoms with E-state index in [9.17, 15) is 75.7 Å². The lowest BCUT2D eigenvalue weighted by atomic mass is 9.88. The largest absolute Gasteiger partial charge is 0.477 e. The predicted molar refractivity (Wildman–Crippen MR) is 357 cm³/mol. The Kier molecular flexibility index (Phi) is 47.0. The van der Waals surface area contributed by atoms with Gasteiger partial charge in [-0.25, -0.2) is 4.79 Å². The lowest BCUT2D eigenvalue weighted by Gasteiger charge is -2.50. The Labute approximate surface area is 562 Å². The second-order valence-electron chi connectivity index (χ2n) is 27.2. The van der Waals surface area contributed by atoms with Gasteiger partial charge in [-0.3, -0.25) is 9.59 Å². The van der Waals surface area contributed by atoms with E-state index in [1.165, 1.54) is 180 Å². The van der Waals surface area contributed by atoms with E-state index >= 15 is 0 Å². The Morgan fingerprint density at radius 3 is 1.44 bits per heavy atom. The number of aliphatic carboxylic acids is 1. The van der Waals surface area contributed by atoms with Crippen LogP contribution >= 0.6 is 0 Å². The number of amides is 2. The summed E-state index contributed by atoms with van der Waals surface area (Å²) in [7, 11) is 0. The van der Waals surface area contributed by atoms with Crippen molar-refractivity contribution < 1.29 is 104 Å². The van der Waals surface area contributed by atoms with Crippen LogP contribution in [0.5, 0.6) is 0 Å². The van der Waals surface area contributed by atoms with E-state index in [2.05, 4.69) is 36.6 Å². The summed E-state index contributed by atoms with van der Waals surface area (Å²) in [6.07, 6.45) is 22.3. The number of nitrogens with one attached hydrogen (secondary N) is 2. The zero-order chi connectivity index (χ0) is 68.9. The van der Waals surface area contributed by atoms with Gasteiger partial charge in [0.05, 0.1) is 50.7 Å². The van der Waals surface area contributed by atoms with Gasteiger partial charge in [-0.05, 0) is 38.5 Å². The molecule has 0 radical (unpaired) electrons. The summed E-state index contributed by atoms with van der Waals surface area (Å²) >= 11 is 0. The Morgan fingerprint density at radius 1 is 0.543 bits per heavy atom. The summed E-state index contributed by atoms with van der Waals surface area (Å²) in [4.78, 5) is 38.6. The Bertz CT molecular complexity index is 1940. The third-order valence-corrected chi connectivity index (χ3v) is 19.0. The lowest BCUT2D eigenvalue weighted by Crippen LogP contribution is -2.70. The highest BCUT2D eigenvalue weighted by atomic mass is 16.8. The van der Waals surface area contributed by atoms with Crippen molar-refractivity contribution in [3.63, 3.8) is 0 Å². The molecule has 3 rings (SSSR count). The monoisotopic (exact) mass is 1350 g/mol. The summed E-state index contributed by atoms with van der Waals surface area (Å²) in [5, 5.41) is 136. The van der Waals surface area contributed by atoms with Crippen LogP contribution in [0.25, 0.3) is 0 Å². The summed E-state index contributed by atoms with van der Waals surface area (Å²) in [5.74, 6) is -6.10. The number of carbonyl (C=O) groups excluding carboxylic acids is 2. The number of carboxylic acids is 1. The van der Waals surface area contributed by atoms with E-state index < -0.39 is 148 Å². The zero-order valence-corrected chi connectivity index (χ0v) is 57.8. The zero-order valence-electron chi connectivity index (χ0n) is 57.8. The van der Waals surface area contributed by atoms with E-state index in [0.29, 0.717) is 19.3 Å². The van der Waals surface area contributed by atoms with Gasteiger partial charge in [0.25, 0.3) is 5.79 Å². The molecule has 23 nitrogen and oxygen atoms in total. The number of allylic oxidation sites excluding steroid dienone is 2. The fraction of sp³-hybridized carbons (Fsp3) is 0.930. The Hall–Kier alpha value is -2.53. The molecular weight excluding hydrogens is 1220 g/mol. The maximum atomic E-state index is 13.5. The minimum Gasteiger partial charge on any atom is -0.477 e. The smallest absolute Gasteiger partial charge is 0.364 e. The molecule has 0 aromatic carbocycles. The van der Waals surface area contributed by atoms with E-state index in [1.807, 2.05) is 0 Å². The van der Waals surface area contributed by atoms with Crippen LogP contribution in [0.4, 0.5) is 0 Å². The number of aliphatic hydroxyl groups excluding tert-OH is 11. The van der Waals surface area contributed by atoms with Crippen molar-refractivity contribution >= 4 is 17.8 Å². The number of hydrogen-bond acceptors (Lipinski definition) is 20. The summed E-state index contributed by atoms with van der Waals surface area (Å²) < 4.78 is 34.9. The molecule has 0 aromatic rings. The highest BCUT2D eigenvalue weighted by molar-refractivity contribution is 5.77. The molecule has 0 spiro atoms. The van der Waals surface area contributed by atoms with Gasteiger partial charge in [0, 0.05) is 19.8 Å². The van der Waals surface area contributed by atoms with Gasteiger partial charge in [-0.15, -0.1) is 0 Å². The molecule has 3 saturated heterocycles. The molecule has 2 amide bonds. The molecule has 3 aliphatic heterocycles. The van der Waals surface area contributed by atoms with Gasteiger partial charge >= 0.3 is 5.97 Å². The van der Waals surface area contributed by atoms with Crippen molar-refractivity contribution in [3.8, 4) is 0 Å². The van der Waals surface area contributed by atoms with E-state index in [4.69, 9.17) is 28.4 Å². The molecular formula is C71H132N2O21. The predicted octanol–water partition coefficient (Wildman–Crippen LogP) is 7.85. The highest BCUT2D eigenvalue weighted by Gasteiger charge is 2.60. The first-order valence-electron chi connectivity index (χ1n) is 37.0. The number of carbonyl (C=O) groups is 3. The normalized spacial score (nSPS) is 27.9. The number of unbranched alkanes of at least 4 members (excludes halogenated alkanes) is 35. The van der Waals surface area contributed by atoms with Gasteiger partial charge < -0.3 is 100 Å². The number of rotatable bonds is 57. The molecule has 0 aromatic heterocycles. The van der Waals surface area contributed by atoms with Crippen LogP contribution in [0.1, 0.15) is 284 Å². The molecule has 14 N–H and O–H groups in total. The third-order valence-electron chi connectivity index (χ3n) is 19.0. The number of ether oxygens (including phenoxy) is 6. The first-order chi connectivity index (χ1) is 45.4. The quantitative estimate of drug-likeness (QED) is 0.0203. The standard InChI is InChI=1S/C71H132N2O21/c1-4-6-8-10-12-14-16-18-19-20-21-22-23-24-25-26-27-28-29-30-31-32-33-35-37-39-41-43-45-58(81)73-52(53(78)44-42-40-38-36-34-17-15-13-11-9-7-5-2)50-89-68-63(85)62(84)65(57(49-76)91-68)92-69-64(86)67(61(83)56(48-75)90-69)94-71(70(87)88)46-54(79)59(72-51(3)77)66(93-71)60(82)55(80)47-74/h24-25,52-57,59-69,74-76,78-80,82-86H,4-23,26-50H2,1-3H3,(H,72,77)(H,73,81)(H,87,88)/b25-24-. The van der Waals surface area contributed by atoms with Gasteiger partial charge in [-0.1, -0.05) is 238 Å². The van der Waals surface area contributed by atoms with Crippen molar-refractivity contribution in [2.75, 3.05) is 26.4 Å². The molecule has 3 heterocycles. The molecule has 0 saturated carbocycles. The molecule has 552 valence electrons. The second-order valence-corrected chi connectivity index (χ2v) is 27.2. The Balaban J connectivity index is 1.50. The van der Waals surface area contributed by atoms with Gasteiger partial charge in [0.2, 0.25) is 11.8 Å². The van der Waals surface area contributed by atoms with E-state index in [1.54, 1.807) is 0 Å². The van der Waals surface area contributed by atoms with Crippen LogP contribution in [0.3, 0.4) is 0 Å². The third kappa shape index (κ3) is 33.1. The van der Waals surface area contributed by atoms with Crippen molar-refractivity contribution in [1.29, 1.82) is 0 Å². The second kappa shape index (κ2) is 51.6. The topological polar surface area (TPSA) is 373 Å². The van der Waals surface area contributed by atoms with Crippen molar-refractivity contribution in [2.24, 2.45) is 0 Å². The van der Waals surface area contributed by atoms with Crippen LogP contribution in [0.15, 0.2) is 12.2 Å². The first-order valence-corrected chi connectivity index (χ1v) is 37.0. The van der Waals surface area contributed by atoms with E-state index in [-0.39, 0.29) is 18.9 Å². The molecule has 18 unspecified atom stereocenters. The average molecular weight is 1350 g/mol. The van der Waals surface area contributed by atoms with Crippen LogP contribution in [0, 0.1) is 0 Å². The van der Waals surface area contributed by atoms with Crippen molar-refractivity contribution in [3.05, 3.63) is 12.2 Å². The summed E-state index contributed by atoms with van der Waals surface area (Å²) in [6.45, 7) is 2.21. The summed E-state index contributed by atoms with van der Waals surface area (Å²) in [5.41, 5.74) is 0. The fourth-order valence-corrected chi connectivity index (χ4v) is 13.1. The highest BCUT2D eigenvalue weighted by Crippen LogP contribution is 2.39. The molecule has 0 bridgehead atoms. The number of carboxylic acid groups (broad SMARTS) is 1. The summed E-state index contributed by atoms with van der Waals surface area (Å²) in [6, 6.07) is -2.53. The van der Waals surface area contributed by atoms with Crippen LogP contribution in [-0.4, -0.2) is 215 Å². The molecule has 94 heavy (non-hydrogen) atoms. The molecule has 3 fully saturated rings. The lowest BCUT2D eigenvalue weighted by molar-refractivity contribution is -0.386. The Morgan fingerprint density at radius 2 is 0.989 bits per heavy atom. The van der Waals surface area contributed by atoms with E-state index in [0.717, 1.165) is 58.3 Å². The van der Waals surface area contributed by atoms with Crippen molar-refractivity contribution in [1.82, 2.24) is 10.6 Å². The van der Waals surface area contributed by atoms with Gasteiger partial charge in [0.15, 0.2) is 12.6 Å². The maximum absolute atomic E-state index is 13.5. The molecule has 3 aliphatic rings. The molecule has 18 atom stereocenters. The minimum atomic E-state index is -3.08. The maximum Gasteiger partial charge on any atom is 0.364 e. The van der Waals surface area contributed by atoms with Crippen LogP contribution in [-0.2, 0) is 42.8 Å². The fourth-order valence-electron chi connectivity index (χ4n) is 13.1. The number of aliphatic hydroxyl groups is 11. The van der Waals surface area contributed by atoms with Gasteiger partial charge in [0.1, 0.15) is 67.1 Å². The molecule has 0 aliphatic carbocycles. The molecule has 23 heteroatoms. The van der Waals surface area contributed by atoms with Crippen LogP contribution in [0.2, 0.25) is 0 Å². The SMILES string of the molecule is CCCCCCCCCCCCCC/C=C\CCCCCCCCCCCCCCC(=O)NC(COC1OC(CO)C(OC2OC(CO)C(O)C(OC3(C(=O)O)CC(O)C(NC(C)=O)C(C(O)C(O)CO)O3)C2O)C(O)C1O)C(O)CCCCCCCCCCCCCC. The van der Waals surface area contributed by atoms with Gasteiger partial charge in [-0.2, -0.15) is 0 Å².